The Hall–Kier alpha value is -1.69. The highest BCUT2D eigenvalue weighted by molar-refractivity contribution is 6.40. The average molecular weight is 431 g/mol. The molecule has 0 aliphatic heterocycles. The molecule has 0 aromatic heterocycles. The summed E-state index contributed by atoms with van der Waals surface area (Å²) < 4.78 is 5.69. The lowest BCUT2D eigenvalue weighted by atomic mass is 9.82. The largest absolute Gasteiger partial charge is 0.424 e. The number of esters is 1. The molecular weight excluding hydrogens is 409 g/mol. The van der Waals surface area contributed by atoms with Gasteiger partial charge in [0.25, 0.3) is 0 Å². The highest BCUT2D eigenvalue weighted by atomic mass is 35.5. The zero-order valence-electron chi connectivity index (χ0n) is 14.6. The highest BCUT2D eigenvalue weighted by Gasteiger charge is 2.28. The number of ether oxygens (including phenoxy) is 1. The molecule has 4 N–H and O–H groups in total. The summed E-state index contributed by atoms with van der Waals surface area (Å²) in [4.78, 5) is 12.6. The van der Waals surface area contributed by atoms with E-state index in [1.165, 1.54) is 0 Å². The second kappa shape index (κ2) is 9.49. The Bertz CT molecular complexity index is 836. The van der Waals surface area contributed by atoms with E-state index in [1.54, 1.807) is 6.07 Å². The molecule has 8 heteroatoms. The van der Waals surface area contributed by atoms with Crippen LogP contribution >= 0.6 is 35.6 Å². The van der Waals surface area contributed by atoms with Crippen molar-refractivity contribution < 1.29 is 9.53 Å². The van der Waals surface area contributed by atoms with Gasteiger partial charge >= 0.3 is 5.97 Å². The van der Waals surface area contributed by atoms with Crippen LogP contribution in [0.1, 0.15) is 25.7 Å². The molecule has 0 bridgehead atoms. The van der Waals surface area contributed by atoms with Crippen LogP contribution in [0.15, 0.2) is 30.3 Å². The minimum Gasteiger partial charge on any atom is -0.424 e. The number of benzene rings is 2. The zero-order chi connectivity index (χ0) is 18.7. The molecular formula is C19H22Cl3N3O2. The third kappa shape index (κ3) is 5.18. The molecule has 1 aliphatic carbocycles. The van der Waals surface area contributed by atoms with Gasteiger partial charge in [-0.2, -0.15) is 0 Å². The Morgan fingerprint density at radius 2 is 1.78 bits per heavy atom. The minimum absolute atomic E-state index is 0. The van der Waals surface area contributed by atoms with Crippen LogP contribution in [-0.2, 0) is 4.79 Å². The Balaban J connectivity index is 0.00000261. The third-order valence-corrected chi connectivity index (χ3v) is 5.46. The Kier molecular flexibility index (Phi) is 7.59. The number of rotatable bonds is 4. The van der Waals surface area contributed by atoms with Gasteiger partial charge in [-0.15, -0.1) is 12.4 Å². The van der Waals surface area contributed by atoms with Crippen molar-refractivity contribution in [1.82, 2.24) is 5.32 Å². The number of hydrogen-bond acceptors (Lipinski definition) is 3. The van der Waals surface area contributed by atoms with Gasteiger partial charge in [0.1, 0.15) is 0 Å². The fourth-order valence-corrected chi connectivity index (χ4v) is 4.00. The molecule has 0 radical (unpaired) electrons. The fraction of sp³-hybridized carbons (Fsp3) is 0.368. The second-order valence-electron chi connectivity index (χ2n) is 6.65. The van der Waals surface area contributed by atoms with Gasteiger partial charge in [0, 0.05) is 17.3 Å². The van der Waals surface area contributed by atoms with E-state index in [0.29, 0.717) is 28.3 Å². The molecule has 0 unspecified atom stereocenters. The smallest absolute Gasteiger partial charge is 0.314 e. The van der Waals surface area contributed by atoms with Crippen LogP contribution in [0.5, 0.6) is 5.75 Å². The number of nitrogens with two attached hydrogens (primary N) is 1. The predicted octanol–water partition coefficient (Wildman–Crippen LogP) is 4.76. The first kappa shape index (κ1) is 21.6. The molecule has 0 spiro atoms. The number of guanidine groups is 1. The van der Waals surface area contributed by atoms with Crippen LogP contribution in [0.4, 0.5) is 0 Å². The number of hydrogen-bond donors (Lipinski definition) is 3. The van der Waals surface area contributed by atoms with E-state index < -0.39 is 0 Å². The standard InChI is InChI=1S/C19H21Cl2N3O2.ClH/c20-15-9-16(21)17(14-4-2-1-3-13(14)15)26-18(25)12-7-5-11(6-8-12)10-24-19(22)23;/h1-4,9,11-12H,5-8,10H2,(H4,22,23,24);1H/t11-,12-;. The minimum atomic E-state index is -0.252. The maximum Gasteiger partial charge on any atom is 0.314 e. The van der Waals surface area contributed by atoms with E-state index in [9.17, 15) is 4.79 Å². The topological polar surface area (TPSA) is 88.2 Å². The normalized spacial score (nSPS) is 19.2. The average Bonchev–Trinajstić information content (AvgIpc) is 2.63. The lowest BCUT2D eigenvalue weighted by Crippen LogP contribution is -2.36. The van der Waals surface area contributed by atoms with Gasteiger partial charge in [0.2, 0.25) is 0 Å². The molecule has 146 valence electrons. The molecule has 1 aliphatic rings. The summed E-state index contributed by atoms with van der Waals surface area (Å²) in [6.07, 6.45) is 3.31. The molecule has 2 aromatic rings. The summed E-state index contributed by atoms with van der Waals surface area (Å²) in [5, 5.41) is 12.5. The number of carbonyl (C=O) groups excluding carboxylic acids is 1. The first-order chi connectivity index (χ1) is 12.5. The summed E-state index contributed by atoms with van der Waals surface area (Å²) >= 11 is 12.5. The Labute approximate surface area is 174 Å². The molecule has 3 rings (SSSR count). The van der Waals surface area contributed by atoms with Gasteiger partial charge < -0.3 is 15.8 Å². The summed E-state index contributed by atoms with van der Waals surface area (Å²) in [5.74, 6) is 0.377. The third-order valence-electron chi connectivity index (χ3n) is 4.86. The van der Waals surface area contributed by atoms with E-state index in [0.717, 1.165) is 36.5 Å². The van der Waals surface area contributed by atoms with Crippen molar-refractivity contribution in [2.45, 2.75) is 25.7 Å². The lowest BCUT2D eigenvalue weighted by molar-refractivity contribution is -0.140. The maximum atomic E-state index is 12.6. The van der Waals surface area contributed by atoms with Crippen LogP contribution < -0.4 is 15.8 Å². The second-order valence-corrected chi connectivity index (χ2v) is 7.46. The van der Waals surface area contributed by atoms with Crippen molar-refractivity contribution in [3.63, 3.8) is 0 Å². The summed E-state index contributed by atoms with van der Waals surface area (Å²) in [5.41, 5.74) is 5.32. The van der Waals surface area contributed by atoms with Crippen molar-refractivity contribution >= 4 is 58.3 Å². The lowest BCUT2D eigenvalue weighted by Gasteiger charge is -2.27. The van der Waals surface area contributed by atoms with Crippen LogP contribution in [0.3, 0.4) is 0 Å². The van der Waals surface area contributed by atoms with Gasteiger partial charge in [-0.3, -0.25) is 10.2 Å². The molecule has 27 heavy (non-hydrogen) atoms. The van der Waals surface area contributed by atoms with Crippen molar-refractivity contribution in [3.8, 4) is 5.75 Å². The molecule has 0 atom stereocenters. The van der Waals surface area contributed by atoms with Gasteiger partial charge in [-0.05, 0) is 37.7 Å². The van der Waals surface area contributed by atoms with Crippen molar-refractivity contribution in [1.29, 1.82) is 5.41 Å². The van der Waals surface area contributed by atoms with Gasteiger partial charge in [0.05, 0.1) is 16.0 Å². The van der Waals surface area contributed by atoms with Crippen LogP contribution in [0.2, 0.25) is 10.0 Å². The first-order valence-electron chi connectivity index (χ1n) is 8.62. The quantitative estimate of drug-likeness (QED) is 0.282. The first-order valence-corrected chi connectivity index (χ1v) is 9.37. The predicted molar refractivity (Wildman–Crippen MR) is 112 cm³/mol. The number of fused-ring (bicyclic) bond motifs is 1. The van der Waals surface area contributed by atoms with Gasteiger partial charge in [-0.25, -0.2) is 0 Å². The molecule has 0 amide bonds. The summed E-state index contributed by atoms with van der Waals surface area (Å²) in [6, 6.07) is 9.07. The number of carbonyl (C=O) groups is 1. The molecule has 1 fully saturated rings. The van der Waals surface area contributed by atoms with Crippen molar-refractivity contribution in [2.24, 2.45) is 17.6 Å². The van der Waals surface area contributed by atoms with E-state index >= 15 is 0 Å². The SMILES string of the molecule is Cl.N=C(N)NC[C@H]1CC[C@H](C(=O)Oc2c(Cl)cc(Cl)c3ccccc23)CC1. The van der Waals surface area contributed by atoms with Crippen LogP contribution in [-0.4, -0.2) is 18.5 Å². The maximum absolute atomic E-state index is 12.6. The monoisotopic (exact) mass is 429 g/mol. The van der Waals surface area contributed by atoms with E-state index in [-0.39, 0.29) is 30.3 Å². The van der Waals surface area contributed by atoms with Crippen molar-refractivity contribution in [2.75, 3.05) is 6.54 Å². The number of halogens is 3. The van der Waals surface area contributed by atoms with Crippen molar-refractivity contribution in [3.05, 3.63) is 40.4 Å². The van der Waals surface area contributed by atoms with Crippen LogP contribution in [0, 0.1) is 17.2 Å². The van der Waals surface area contributed by atoms with E-state index in [2.05, 4.69) is 5.32 Å². The molecule has 2 aromatic carbocycles. The molecule has 1 saturated carbocycles. The molecule has 5 nitrogen and oxygen atoms in total. The van der Waals surface area contributed by atoms with Gasteiger partial charge in [0.15, 0.2) is 11.7 Å². The summed E-state index contributed by atoms with van der Waals surface area (Å²) in [7, 11) is 0. The van der Waals surface area contributed by atoms with Crippen LogP contribution in [0.25, 0.3) is 10.8 Å². The van der Waals surface area contributed by atoms with E-state index in [4.69, 9.17) is 39.1 Å². The Morgan fingerprint density at radius 3 is 2.41 bits per heavy atom. The molecule has 0 saturated heterocycles. The number of nitrogens with one attached hydrogen (secondary N) is 2. The highest BCUT2D eigenvalue weighted by Crippen LogP contribution is 2.39. The fourth-order valence-electron chi connectivity index (χ4n) is 3.42. The van der Waals surface area contributed by atoms with Gasteiger partial charge in [-0.1, -0.05) is 47.5 Å². The Morgan fingerprint density at radius 1 is 1.15 bits per heavy atom. The molecule has 0 heterocycles. The zero-order valence-corrected chi connectivity index (χ0v) is 17.0. The summed E-state index contributed by atoms with van der Waals surface area (Å²) in [6.45, 7) is 0.671. The van der Waals surface area contributed by atoms with E-state index in [1.807, 2.05) is 24.3 Å².